The van der Waals surface area contributed by atoms with Crippen molar-refractivity contribution in [2.24, 2.45) is 11.8 Å². The summed E-state index contributed by atoms with van der Waals surface area (Å²) in [6.07, 6.45) is 25.8. The van der Waals surface area contributed by atoms with E-state index in [9.17, 15) is 14.7 Å². The molecular weight excluding hydrogens is 488 g/mol. The fourth-order valence-electron chi connectivity index (χ4n) is 4.83. The second kappa shape index (κ2) is 28.4. The number of ether oxygens (including phenoxy) is 2. The van der Waals surface area contributed by atoms with E-state index in [-0.39, 0.29) is 25.2 Å². The highest BCUT2D eigenvalue weighted by atomic mass is 16.6. The van der Waals surface area contributed by atoms with Crippen molar-refractivity contribution in [3.63, 3.8) is 0 Å². The first kappa shape index (κ1) is 37.9. The van der Waals surface area contributed by atoms with Gasteiger partial charge in [0.2, 0.25) is 0 Å². The van der Waals surface area contributed by atoms with Gasteiger partial charge in [0.1, 0.15) is 19.3 Å². The molecule has 0 rings (SSSR count). The summed E-state index contributed by atoms with van der Waals surface area (Å²) in [6.45, 7) is 8.97. The van der Waals surface area contributed by atoms with E-state index in [1.54, 1.807) is 0 Å². The van der Waals surface area contributed by atoms with Crippen LogP contribution in [0.2, 0.25) is 0 Å². The molecule has 0 heterocycles. The van der Waals surface area contributed by atoms with Gasteiger partial charge in [0, 0.05) is 12.8 Å². The highest BCUT2D eigenvalue weighted by molar-refractivity contribution is 5.69. The van der Waals surface area contributed by atoms with Gasteiger partial charge in [0.05, 0.1) is 0 Å². The number of hydrogen-bond donors (Lipinski definition) is 1. The first-order valence-corrected chi connectivity index (χ1v) is 16.8. The van der Waals surface area contributed by atoms with Gasteiger partial charge in [-0.05, 0) is 24.7 Å². The van der Waals surface area contributed by atoms with Gasteiger partial charge in [-0.2, -0.15) is 0 Å². The molecule has 0 aromatic carbocycles. The van der Waals surface area contributed by atoms with Crippen LogP contribution in [0.5, 0.6) is 0 Å². The second-order valence-electron chi connectivity index (χ2n) is 12.4. The largest absolute Gasteiger partial charge is 0.463 e. The molecule has 2 atom stereocenters. The molecule has 39 heavy (non-hydrogen) atoms. The summed E-state index contributed by atoms with van der Waals surface area (Å²) in [5, 5.41) is 9.95. The van der Waals surface area contributed by atoms with Crippen molar-refractivity contribution in [2.45, 2.75) is 181 Å². The zero-order valence-electron chi connectivity index (χ0n) is 26.5. The lowest BCUT2D eigenvalue weighted by atomic mass is 9.99. The average Bonchev–Trinajstić information content (AvgIpc) is 2.91. The molecule has 1 unspecified atom stereocenters. The van der Waals surface area contributed by atoms with E-state index in [2.05, 4.69) is 27.7 Å². The van der Waals surface area contributed by atoms with Gasteiger partial charge in [-0.25, -0.2) is 0 Å². The van der Waals surface area contributed by atoms with Crippen molar-refractivity contribution in [1.82, 2.24) is 0 Å². The van der Waals surface area contributed by atoms with Crippen LogP contribution in [0.4, 0.5) is 0 Å². The van der Waals surface area contributed by atoms with E-state index in [0.717, 1.165) is 50.4 Å². The molecule has 0 saturated heterocycles. The van der Waals surface area contributed by atoms with Crippen molar-refractivity contribution in [3.8, 4) is 0 Å². The average molecular weight is 555 g/mol. The lowest BCUT2D eigenvalue weighted by molar-refractivity contribution is -0.152. The number of carbonyl (C=O) groups is 2. The molecular formula is C34H66O5. The predicted molar refractivity (Wildman–Crippen MR) is 164 cm³/mol. The monoisotopic (exact) mass is 554 g/mol. The summed E-state index contributed by atoms with van der Waals surface area (Å²) in [5.74, 6) is 1.13. The second-order valence-corrected chi connectivity index (χ2v) is 12.4. The summed E-state index contributed by atoms with van der Waals surface area (Å²) >= 11 is 0. The third kappa shape index (κ3) is 29.7. The van der Waals surface area contributed by atoms with E-state index < -0.39 is 6.10 Å². The maximum atomic E-state index is 11.9. The molecule has 232 valence electrons. The van der Waals surface area contributed by atoms with E-state index in [1.807, 2.05) is 0 Å². The van der Waals surface area contributed by atoms with Crippen LogP contribution in [0.25, 0.3) is 0 Å². The van der Waals surface area contributed by atoms with Crippen LogP contribution in [0.1, 0.15) is 175 Å². The Kier molecular flexibility index (Phi) is 27.6. The molecule has 0 amide bonds. The van der Waals surface area contributed by atoms with Crippen molar-refractivity contribution >= 4 is 11.9 Å². The molecule has 0 aliphatic carbocycles. The van der Waals surface area contributed by atoms with Crippen molar-refractivity contribution in [3.05, 3.63) is 0 Å². The van der Waals surface area contributed by atoms with Crippen LogP contribution in [-0.4, -0.2) is 36.4 Å². The first-order valence-electron chi connectivity index (χ1n) is 16.8. The van der Waals surface area contributed by atoms with Crippen molar-refractivity contribution < 1.29 is 24.2 Å². The highest BCUT2D eigenvalue weighted by Gasteiger charge is 2.12. The predicted octanol–water partition coefficient (Wildman–Crippen LogP) is 9.72. The number of unbranched alkanes of at least 4 members (excludes halogenated alkanes) is 16. The maximum absolute atomic E-state index is 11.9. The molecule has 0 aliphatic heterocycles. The molecule has 1 N–H and O–H groups in total. The molecule has 0 aromatic heterocycles. The zero-order chi connectivity index (χ0) is 29.0. The smallest absolute Gasteiger partial charge is 0.305 e. The van der Waals surface area contributed by atoms with Gasteiger partial charge >= 0.3 is 11.9 Å². The van der Waals surface area contributed by atoms with Gasteiger partial charge in [-0.1, -0.05) is 150 Å². The minimum absolute atomic E-state index is 0.110. The van der Waals surface area contributed by atoms with E-state index in [1.165, 1.54) is 96.3 Å². The Hall–Kier alpha value is -1.10. The van der Waals surface area contributed by atoms with Crippen LogP contribution in [0.15, 0.2) is 0 Å². The lowest BCUT2D eigenvalue weighted by Gasteiger charge is -2.12. The molecule has 0 aromatic rings. The summed E-state index contributed by atoms with van der Waals surface area (Å²) in [7, 11) is 0. The van der Waals surface area contributed by atoms with Crippen molar-refractivity contribution in [2.75, 3.05) is 13.2 Å². The van der Waals surface area contributed by atoms with Crippen LogP contribution in [0, 0.1) is 11.8 Å². The summed E-state index contributed by atoms with van der Waals surface area (Å²) in [5.41, 5.74) is 0. The molecule has 0 aliphatic rings. The number of esters is 2. The quantitative estimate of drug-likeness (QED) is 0.0736. The Morgan fingerprint density at radius 1 is 0.538 bits per heavy atom. The van der Waals surface area contributed by atoms with Crippen molar-refractivity contribution in [1.29, 1.82) is 0 Å². The number of aliphatic hydroxyl groups excluding tert-OH is 1. The first-order chi connectivity index (χ1) is 18.8. The van der Waals surface area contributed by atoms with Crippen LogP contribution in [-0.2, 0) is 19.1 Å². The summed E-state index contributed by atoms with van der Waals surface area (Å²) in [4.78, 5) is 23.8. The normalized spacial score (nSPS) is 13.0. The Bertz CT molecular complexity index is 548. The minimum atomic E-state index is -0.955. The summed E-state index contributed by atoms with van der Waals surface area (Å²) in [6, 6.07) is 0. The molecule has 0 spiro atoms. The van der Waals surface area contributed by atoms with Crippen LogP contribution >= 0.6 is 0 Å². The topological polar surface area (TPSA) is 72.8 Å². The Morgan fingerprint density at radius 3 is 1.23 bits per heavy atom. The molecule has 0 bridgehead atoms. The minimum Gasteiger partial charge on any atom is -0.463 e. The highest BCUT2D eigenvalue weighted by Crippen LogP contribution is 2.16. The third-order valence-electron chi connectivity index (χ3n) is 7.81. The fourth-order valence-corrected chi connectivity index (χ4v) is 4.83. The number of carbonyl (C=O) groups excluding carboxylic acids is 2. The van der Waals surface area contributed by atoms with Gasteiger partial charge in [-0.15, -0.1) is 0 Å². The van der Waals surface area contributed by atoms with Crippen LogP contribution in [0.3, 0.4) is 0 Å². The Morgan fingerprint density at radius 2 is 0.872 bits per heavy atom. The lowest BCUT2D eigenvalue weighted by Crippen LogP contribution is -2.25. The van der Waals surface area contributed by atoms with E-state index >= 15 is 0 Å². The fraction of sp³-hybridized carbons (Fsp3) is 0.941. The van der Waals surface area contributed by atoms with Gasteiger partial charge in [0.25, 0.3) is 0 Å². The molecule has 0 saturated carbocycles. The number of hydrogen-bond acceptors (Lipinski definition) is 5. The molecule has 5 nitrogen and oxygen atoms in total. The van der Waals surface area contributed by atoms with Crippen LogP contribution < -0.4 is 0 Å². The molecule has 5 heteroatoms. The number of rotatable bonds is 29. The number of aliphatic hydroxyl groups is 1. The zero-order valence-corrected chi connectivity index (χ0v) is 26.5. The summed E-state index contributed by atoms with van der Waals surface area (Å²) < 4.78 is 10.3. The molecule has 0 radical (unpaired) electrons. The molecule has 0 fully saturated rings. The Balaban J connectivity index is 3.43. The van der Waals surface area contributed by atoms with E-state index in [0.29, 0.717) is 12.8 Å². The van der Waals surface area contributed by atoms with Gasteiger partial charge < -0.3 is 14.6 Å². The standard InChI is InChI=1S/C34H66O5/c1-5-31(4)25-21-17-13-8-6-7-9-14-18-22-26-33(36)38-28-32(35)29-39-34(37)27-23-19-15-11-10-12-16-20-24-30(2)3/h30-32,35H,5-29H2,1-4H3/t31?,32-/m1/s1. The third-order valence-corrected chi connectivity index (χ3v) is 7.81. The van der Waals surface area contributed by atoms with Gasteiger partial charge in [0.15, 0.2) is 0 Å². The SMILES string of the molecule is CCC(C)CCCCCCCCCCCCC(=O)OC[C@@H](O)COC(=O)CCCCCCCCCCC(C)C. The van der Waals surface area contributed by atoms with Gasteiger partial charge in [-0.3, -0.25) is 9.59 Å². The Labute approximate surface area is 242 Å². The maximum Gasteiger partial charge on any atom is 0.305 e. The van der Waals surface area contributed by atoms with E-state index in [4.69, 9.17) is 9.47 Å².